The number of aliphatic hydroxyl groups excluding tert-OH is 1. The molecule has 3 aliphatic rings. The lowest BCUT2D eigenvalue weighted by atomic mass is 9.99. The van der Waals surface area contributed by atoms with E-state index >= 15 is 0 Å². The SMILES string of the molecule is Cl.NC1([C@H]2C=C[C@@H](O)C2)N=C(Cl)C2=NC=NC2=N1. The van der Waals surface area contributed by atoms with E-state index in [1.54, 1.807) is 6.08 Å². The molecule has 1 aliphatic carbocycles. The van der Waals surface area contributed by atoms with Gasteiger partial charge in [0.2, 0.25) is 5.79 Å². The molecule has 2 heterocycles. The van der Waals surface area contributed by atoms with Crippen molar-refractivity contribution in [2.24, 2.45) is 31.6 Å². The van der Waals surface area contributed by atoms with E-state index in [0.717, 1.165) is 0 Å². The van der Waals surface area contributed by atoms with Crippen LogP contribution in [0.15, 0.2) is 32.1 Å². The van der Waals surface area contributed by atoms with Crippen LogP contribution in [0.25, 0.3) is 0 Å². The molecule has 18 heavy (non-hydrogen) atoms. The van der Waals surface area contributed by atoms with Crippen LogP contribution >= 0.6 is 24.0 Å². The molecule has 0 aromatic rings. The Labute approximate surface area is 114 Å². The molecule has 3 atom stereocenters. The highest BCUT2D eigenvalue weighted by Crippen LogP contribution is 2.32. The first-order chi connectivity index (χ1) is 8.08. The maximum atomic E-state index is 9.47. The topological polar surface area (TPSA) is 95.7 Å². The predicted molar refractivity (Wildman–Crippen MR) is 74.1 cm³/mol. The molecule has 0 amide bonds. The number of fused-ring (bicyclic) bond motifs is 1. The lowest BCUT2D eigenvalue weighted by Crippen LogP contribution is -2.47. The number of amidine groups is 1. The predicted octanol–water partition coefficient (Wildman–Crippen LogP) is 0.490. The molecule has 6 nitrogen and oxygen atoms in total. The summed E-state index contributed by atoms with van der Waals surface area (Å²) in [5, 5.41) is 9.69. The average Bonchev–Trinajstić information content (AvgIpc) is 2.86. The average molecular weight is 288 g/mol. The summed E-state index contributed by atoms with van der Waals surface area (Å²) in [6, 6.07) is 0. The smallest absolute Gasteiger partial charge is 0.212 e. The lowest BCUT2D eigenvalue weighted by Gasteiger charge is -2.29. The highest BCUT2D eigenvalue weighted by Gasteiger charge is 2.41. The van der Waals surface area contributed by atoms with Crippen LogP contribution in [0.3, 0.4) is 0 Å². The van der Waals surface area contributed by atoms with Gasteiger partial charge < -0.3 is 5.11 Å². The number of hydrogen-bond acceptors (Lipinski definition) is 6. The van der Waals surface area contributed by atoms with E-state index in [1.165, 1.54) is 6.34 Å². The summed E-state index contributed by atoms with van der Waals surface area (Å²) < 4.78 is 0. The number of hydrogen-bond donors (Lipinski definition) is 2. The third kappa shape index (κ3) is 2.01. The van der Waals surface area contributed by atoms with Gasteiger partial charge in [0.25, 0.3) is 0 Å². The molecule has 0 bridgehead atoms. The van der Waals surface area contributed by atoms with Crippen molar-refractivity contribution in [2.45, 2.75) is 18.3 Å². The van der Waals surface area contributed by atoms with Gasteiger partial charge in [-0.25, -0.2) is 20.0 Å². The Morgan fingerprint density at radius 3 is 2.83 bits per heavy atom. The number of nitrogens with zero attached hydrogens (tertiary/aromatic N) is 4. The number of halogens is 2. The molecule has 3 N–H and O–H groups in total. The molecule has 3 rings (SSSR count). The van der Waals surface area contributed by atoms with Crippen molar-refractivity contribution in [2.75, 3.05) is 0 Å². The maximum absolute atomic E-state index is 9.47. The van der Waals surface area contributed by atoms with Gasteiger partial charge in [0.15, 0.2) is 11.0 Å². The molecule has 0 aromatic carbocycles. The molecule has 96 valence electrons. The summed E-state index contributed by atoms with van der Waals surface area (Å²) >= 11 is 6.01. The van der Waals surface area contributed by atoms with Gasteiger partial charge in [0.1, 0.15) is 12.1 Å². The summed E-state index contributed by atoms with van der Waals surface area (Å²) in [4.78, 5) is 16.4. The number of rotatable bonds is 1. The Morgan fingerprint density at radius 2 is 2.17 bits per heavy atom. The summed E-state index contributed by atoms with van der Waals surface area (Å²) in [6.45, 7) is 0. The van der Waals surface area contributed by atoms with Gasteiger partial charge in [-0.15, -0.1) is 12.4 Å². The van der Waals surface area contributed by atoms with Gasteiger partial charge in [-0.1, -0.05) is 23.8 Å². The summed E-state index contributed by atoms with van der Waals surface area (Å²) in [6.07, 6.45) is 4.85. The van der Waals surface area contributed by atoms with Crippen LogP contribution < -0.4 is 5.73 Å². The van der Waals surface area contributed by atoms with E-state index < -0.39 is 11.9 Å². The fourth-order valence-electron chi connectivity index (χ4n) is 2.05. The lowest BCUT2D eigenvalue weighted by molar-refractivity contribution is 0.189. The van der Waals surface area contributed by atoms with Crippen molar-refractivity contribution >= 4 is 47.1 Å². The summed E-state index contributed by atoms with van der Waals surface area (Å²) in [7, 11) is 0. The molecule has 0 spiro atoms. The Bertz CT molecular complexity index is 524. The Balaban J connectivity index is 0.00000120. The van der Waals surface area contributed by atoms with Crippen LogP contribution in [-0.2, 0) is 0 Å². The summed E-state index contributed by atoms with van der Waals surface area (Å²) in [5.41, 5.74) is 6.58. The molecule has 0 fully saturated rings. The van der Waals surface area contributed by atoms with Crippen LogP contribution in [0.5, 0.6) is 0 Å². The van der Waals surface area contributed by atoms with Gasteiger partial charge in [-0.3, -0.25) is 5.73 Å². The number of aliphatic hydroxyl groups is 1. The second-order valence-corrected chi connectivity index (χ2v) is 4.50. The second kappa shape index (κ2) is 4.55. The maximum Gasteiger partial charge on any atom is 0.212 e. The van der Waals surface area contributed by atoms with Crippen molar-refractivity contribution in [3.63, 3.8) is 0 Å². The van der Waals surface area contributed by atoms with Crippen LogP contribution in [-0.4, -0.2) is 40.1 Å². The van der Waals surface area contributed by atoms with E-state index in [2.05, 4.69) is 20.0 Å². The molecule has 1 unspecified atom stereocenters. The number of nitrogens with two attached hydrogens (primary N) is 1. The third-order valence-corrected chi connectivity index (χ3v) is 3.21. The van der Waals surface area contributed by atoms with Gasteiger partial charge in [0, 0.05) is 5.92 Å². The highest BCUT2D eigenvalue weighted by molar-refractivity contribution is 6.94. The highest BCUT2D eigenvalue weighted by atomic mass is 35.5. The minimum atomic E-state index is -1.19. The van der Waals surface area contributed by atoms with Gasteiger partial charge in [0.05, 0.1) is 6.10 Å². The van der Waals surface area contributed by atoms with Crippen LogP contribution in [0, 0.1) is 5.92 Å². The first kappa shape index (κ1) is 13.4. The zero-order chi connectivity index (χ0) is 12.0. The van der Waals surface area contributed by atoms with E-state index in [9.17, 15) is 5.11 Å². The van der Waals surface area contributed by atoms with Crippen LogP contribution in [0.4, 0.5) is 0 Å². The van der Waals surface area contributed by atoms with Crippen molar-refractivity contribution < 1.29 is 5.11 Å². The van der Waals surface area contributed by atoms with E-state index in [0.29, 0.717) is 18.0 Å². The molecule has 8 heteroatoms. The van der Waals surface area contributed by atoms with Gasteiger partial charge >= 0.3 is 0 Å². The van der Waals surface area contributed by atoms with Crippen LogP contribution in [0.2, 0.25) is 0 Å². The van der Waals surface area contributed by atoms with Crippen molar-refractivity contribution in [1.29, 1.82) is 0 Å². The molecular formula is C10H11Cl2N5O. The van der Waals surface area contributed by atoms with E-state index in [-0.39, 0.29) is 23.5 Å². The molecule has 0 radical (unpaired) electrons. The Kier molecular flexibility index (Phi) is 3.37. The largest absolute Gasteiger partial charge is 0.389 e. The molecule has 0 aromatic heterocycles. The van der Waals surface area contributed by atoms with Gasteiger partial charge in [-0.05, 0) is 6.42 Å². The molecule has 0 saturated carbocycles. The monoisotopic (exact) mass is 287 g/mol. The van der Waals surface area contributed by atoms with E-state index in [4.69, 9.17) is 17.3 Å². The molecule has 2 aliphatic heterocycles. The normalized spacial score (nSPS) is 36.7. The number of aliphatic imine (C=N–C) groups is 4. The summed E-state index contributed by atoms with van der Waals surface area (Å²) in [5.74, 6) is -0.973. The molecular weight excluding hydrogens is 277 g/mol. The first-order valence-corrected chi connectivity index (χ1v) is 5.58. The van der Waals surface area contributed by atoms with E-state index in [1.807, 2.05) is 6.08 Å². The van der Waals surface area contributed by atoms with Crippen molar-refractivity contribution in [1.82, 2.24) is 0 Å². The quantitative estimate of drug-likeness (QED) is 0.687. The fraction of sp³-hybridized carbons (Fsp3) is 0.400. The Morgan fingerprint density at radius 1 is 1.39 bits per heavy atom. The zero-order valence-corrected chi connectivity index (χ0v) is 10.8. The first-order valence-electron chi connectivity index (χ1n) is 5.20. The van der Waals surface area contributed by atoms with Gasteiger partial charge in [-0.2, -0.15) is 0 Å². The minimum absolute atomic E-state index is 0. The standard InChI is InChI=1S/C10H10ClN5O.ClH/c11-8-7-9(14-4-13-7)16-10(12,15-8)5-1-2-6(17)3-5;/h1-2,4-6,17H,3,12H2;1H/t5-,6+,10?;/m0./s1. The fourth-order valence-corrected chi connectivity index (χ4v) is 2.32. The van der Waals surface area contributed by atoms with Crippen molar-refractivity contribution in [3.05, 3.63) is 12.2 Å². The van der Waals surface area contributed by atoms with Crippen molar-refractivity contribution in [3.8, 4) is 0 Å². The zero-order valence-electron chi connectivity index (χ0n) is 9.19. The second-order valence-electron chi connectivity index (χ2n) is 4.14. The molecule has 0 saturated heterocycles. The van der Waals surface area contributed by atoms with Crippen LogP contribution in [0.1, 0.15) is 6.42 Å². The Hall–Kier alpha value is -1.08. The minimum Gasteiger partial charge on any atom is -0.389 e. The third-order valence-electron chi connectivity index (χ3n) is 2.94.